The summed E-state index contributed by atoms with van der Waals surface area (Å²) >= 11 is 0. The zero-order valence-corrected chi connectivity index (χ0v) is 8.21. The first-order valence-electron chi connectivity index (χ1n) is 5.10. The third-order valence-corrected chi connectivity index (χ3v) is 2.42. The Kier molecular flexibility index (Phi) is 4.62. The van der Waals surface area contributed by atoms with Crippen molar-refractivity contribution in [2.45, 2.75) is 45.8 Å². The van der Waals surface area contributed by atoms with E-state index in [9.17, 15) is 0 Å². The van der Waals surface area contributed by atoms with E-state index in [0.29, 0.717) is 0 Å². The predicted molar refractivity (Wildman–Crippen MR) is 49.0 cm³/mol. The minimum Gasteiger partial charge on any atom is -0.353 e. The van der Waals surface area contributed by atoms with Crippen molar-refractivity contribution < 1.29 is 9.47 Å². The maximum atomic E-state index is 5.55. The van der Waals surface area contributed by atoms with Crippen LogP contribution in [0.4, 0.5) is 0 Å². The van der Waals surface area contributed by atoms with Crippen LogP contribution < -0.4 is 0 Å². The van der Waals surface area contributed by atoms with Crippen LogP contribution in [0.15, 0.2) is 0 Å². The highest BCUT2D eigenvalue weighted by Gasteiger charge is 2.23. The Bertz CT molecular complexity index is 114. The van der Waals surface area contributed by atoms with Crippen LogP contribution in [0.1, 0.15) is 39.5 Å². The Labute approximate surface area is 75.2 Å². The molecule has 2 heteroatoms. The predicted octanol–water partition coefficient (Wildman–Crippen LogP) is 2.58. The Balaban J connectivity index is 2.03. The van der Waals surface area contributed by atoms with E-state index in [1.54, 1.807) is 0 Å². The molecule has 1 saturated heterocycles. The molecule has 1 fully saturated rings. The van der Waals surface area contributed by atoms with Crippen molar-refractivity contribution in [3.63, 3.8) is 0 Å². The van der Waals surface area contributed by atoms with Gasteiger partial charge in [0.1, 0.15) is 0 Å². The summed E-state index contributed by atoms with van der Waals surface area (Å²) in [6.07, 6.45) is 4.76. The molecule has 0 bridgehead atoms. The highest BCUT2D eigenvalue weighted by Crippen LogP contribution is 2.22. The SMILES string of the molecule is CCCCO[C@H]1C[C@H](CC)CO1. The largest absolute Gasteiger partial charge is 0.353 e. The summed E-state index contributed by atoms with van der Waals surface area (Å²) in [6.45, 7) is 6.14. The second kappa shape index (κ2) is 5.55. The van der Waals surface area contributed by atoms with E-state index < -0.39 is 0 Å². The summed E-state index contributed by atoms with van der Waals surface area (Å²) in [5, 5.41) is 0. The van der Waals surface area contributed by atoms with Crippen LogP contribution in [0.5, 0.6) is 0 Å². The Morgan fingerprint density at radius 1 is 1.42 bits per heavy atom. The van der Waals surface area contributed by atoms with Gasteiger partial charge in [0.15, 0.2) is 6.29 Å². The number of hydrogen-bond donors (Lipinski definition) is 0. The topological polar surface area (TPSA) is 18.5 Å². The normalized spacial score (nSPS) is 29.5. The van der Waals surface area contributed by atoms with E-state index in [4.69, 9.17) is 9.47 Å². The molecule has 0 aromatic rings. The van der Waals surface area contributed by atoms with Crippen LogP contribution in [-0.2, 0) is 9.47 Å². The van der Waals surface area contributed by atoms with Gasteiger partial charge in [-0.25, -0.2) is 0 Å². The van der Waals surface area contributed by atoms with Crippen LogP contribution in [0.3, 0.4) is 0 Å². The molecule has 2 nitrogen and oxygen atoms in total. The monoisotopic (exact) mass is 172 g/mol. The molecule has 0 aromatic carbocycles. The summed E-state index contributed by atoms with van der Waals surface area (Å²) < 4.78 is 11.0. The van der Waals surface area contributed by atoms with Crippen LogP contribution in [-0.4, -0.2) is 19.5 Å². The summed E-state index contributed by atoms with van der Waals surface area (Å²) in [5.41, 5.74) is 0. The van der Waals surface area contributed by atoms with Gasteiger partial charge in [0.05, 0.1) is 6.61 Å². The van der Waals surface area contributed by atoms with E-state index in [1.165, 1.54) is 12.8 Å². The van der Waals surface area contributed by atoms with Crippen LogP contribution in [0, 0.1) is 5.92 Å². The standard InChI is InChI=1S/C10H20O2/c1-3-5-6-11-10-7-9(4-2)8-12-10/h9-10H,3-8H2,1-2H3/t9-,10+/m0/s1. The lowest BCUT2D eigenvalue weighted by atomic mass is 10.1. The molecule has 72 valence electrons. The lowest BCUT2D eigenvalue weighted by molar-refractivity contribution is -0.111. The smallest absolute Gasteiger partial charge is 0.157 e. The van der Waals surface area contributed by atoms with E-state index in [1.807, 2.05) is 0 Å². The maximum absolute atomic E-state index is 5.55. The summed E-state index contributed by atoms with van der Waals surface area (Å²) in [7, 11) is 0. The van der Waals surface area contributed by atoms with Gasteiger partial charge in [-0.3, -0.25) is 0 Å². The Morgan fingerprint density at radius 2 is 2.25 bits per heavy atom. The fourth-order valence-corrected chi connectivity index (χ4v) is 1.41. The van der Waals surface area contributed by atoms with Gasteiger partial charge in [0.2, 0.25) is 0 Å². The maximum Gasteiger partial charge on any atom is 0.157 e. The van der Waals surface area contributed by atoms with Gasteiger partial charge >= 0.3 is 0 Å². The second-order valence-corrected chi connectivity index (χ2v) is 3.50. The minimum atomic E-state index is 0.0986. The molecule has 1 heterocycles. The Morgan fingerprint density at radius 3 is 2.83 bits per heavy atom. The number of ether oxygens (including phenoxy) is 2. The summed E-state index contributed by atoms with van der Waals surface area (Å²) in [5.74, 6) is 0.733. The van der Waals surface area contributed by atoms with Crippen molar-refractivity contribution in [3.05, 3.63) is 0 Å². The third-order valence-electron chi connectivity index (χ3n) is 2.42. The second-order valence-electron chi connectivity index (χ2n) is 3.50. The lowest BCUT2D eigenvalue weighted by Crippen LogP contribution is -2.11. The van der Waals surface area contributed by atoms with Gasteiger partial charge in [-0.2, -0.15) is 0 Å². The molecular formula is C10H20O2. The molecule has 0 N–H and O–H groups in total. The molecule has 0 aliphatic carbocycles. The fraction of sp³-hybridized carbons (Fsp3) is 1.00. The lowest BCUT2D eigenvalue weighted by Gasteiger charge is -2.09. The molecule has 1 aliphatic rings. The first kappa shape index (κ1) is 10.0. The van der Waals surface area contributed by atoms with Crippen LogP contribution in [0.25, 0.3) is 0 Å². The molecule has 0 spiro atoms. The van der Waals surface area contributed by atoms with Crippen LogP contribution in [0.2, 0.25) is 0 Å². The van der Waals surface area contributed by atoms with Gasteiger partial charge in [-0.1, -0.05) is 26.7 Å². The number of hydrogen-bond acceptors (Lipinski definition) is 2. The van der Waals surface area contributed by atoms with E-state index >= 15 is 0 Å². The number of unbranched alkanes of at least 4 members (excludes halogenated alkanes) is 1. The van der Waals surface area contributed by atoms with Crippen molar-refractivity contribution in [2.75, 3.05) is 13.2 Å². The van der Waals surface area contributed by atoms with Gasteiger partial charge < -0.3 is 9.47 Å². The van der Waals surface area contributed by atoms with Crippen molar-refractivity contribution in [3.8, 4) is 0 Å². The zero-order chi connectivity index (χ0) is 8.81. The molecule has 12 heavy (non-hydrogen) atoms. The Hall–Kier alpha value is -0.0800. The zero-order valence-electron chi connectivity index (χ0n) is 8.21. The minimum absolute atomic E-state index is 0.0986. The van der Waals surface area contributed by atoms with Crippen molar-refractivity contribution in [2.24, 2.45) is 5.92 Å². The van der Waals surface area contributed by atoms with Gasteiger partial charge in [-0.05, 0) is 12.3 Å². The van der Waals surface area contributed by atoms with Crippen molar-refractivity contribution in [1.29, 1.82) is 0 Å². The quantitative estimate of drug-likeness (QED) is 0.593. The average molecular weight is 172 g/mol. The van der Waals surface area contributed by atoms with Gasteiger partial charge in [-0.15, -0.1) is 0 Å². The summed E-state index contributed by atoms with van der Waals surface area (Å²) in [6, 6.07) is 0. The highest BCUT2D eigenvalue weighted by atomic mass is 16.7. The molecule has 0 saturated carbocycles. The fourth-order valence-electron chi connectivity index (χ4n) is 1.41. The molecular weight excluding hydrogens is 152 g/mol. The number of rotatable bonds is 5. The van der Waals surface area contributed by atoms with Crippen molar-refractivity contribution in [1.82, 2.24) is 0 Å². The average Bonchev–Trinajstić information content (AvgIpc) is 2.53. The summed E-state index contributed by atoms with van der Waals surface area (Å²) in [4.78, 5) is 0. The first-order chi connectivity index (χ1) is 5.86. The molecule has 0 aromatic heterocycles. The van der Waals surface area contributed by atoms with Gasteiger partial charge in [0, 0.05) is 13.0 Å². The van der Waals surface area contributed by atoms with E-state index in [0.717, 1.165) is 32.0 Å². The highest BCUT2D eigenvalue weighted by molar-refractivity contribution is 4.65. The van der Waals surface area contributed by atoms with Gasteiger partial charge in [0.25, 0.3) is 0 Å². The molecule has 2 atom stereocenters. The van der Waals surface area contributed by atoms with Crippen LogP contribution >= 0.6 is 0 Å². The molecule has 1 aliphatic heterocycles. The molecule has 0 amide bonds. The van der Waals surface area contributed by atoms with E-state index in [2.05, 4.69) is 13.8 Å². The molecule has 0 radical (unpaired) electrons. The van der Waals surface area contributed by atoms with E-state index in [-0.39, 0.29) is 6.29 Å². The third kappa shape index (κ3) is 3.11. The molecule has 0 unspecified atom stereocenters. The first-order valence-corrected chi connectivity index (χ1v) is 5.10. The van der Waals surface area contributed by atoms with Crippen molar-refractivity contribution >= 4 is 0 Å². The molecule has 1 rings (SSSR count).